The predicted octanol–water partition coefficient (Wildman–Crippen LogP) is 4.52. The van der Waals surface area contributed by atoms with E-state index in [0.29, 0.717) is 5.92 Å². The van der Waals surface area contributed by atoms with Crippen molar-refractivity contribution in [2.24, 2.45) is 0 Å². The smallest absolute Gasteiger partial charge is 0.270 e. The lowest BCUT2D eigenvalue weighted by Gasteiger charge is -2.15. The Balaban J connectivity index is 1.85. The molecule has 0 aliphatic heterocycles. The Bertz CT molecular complexity index is 724. The fourth-order valence-corrected chi connectivity index (χ4v) is 2.71. The van der Waals surface area contributed by atoms with Gasteiger partial charge >= 0.3 is 0 Å². The second-order valence-corrected chi connectivity index (χ2v) is 6.20. The third-order valence-electron chi connectivity index (χ3n) is 4.36. The second-order valence-electron chi connectivity index (χ2n) is 6.20. The molecule has 0 amide bonds. The summed E-state index contributed by atoms with van der Waals surface area (Å²) in [4.78, 5) is 15.0. The minimum Gasteiger partial charge on any atom is -0.325 e. The number of nitrogens with one attached hydrogen (secondary N) is 1. The molecule has 116 valence electrons. The summed E-state index contributed by atoms with van der Waals surface area (Å²) in [6, 6.07) is 10.1. The van der Waals surface area contributed by atoms with Crippen molar-refractivity contribution >= 4 is 0 Å². The molecule has 0 saturated heterocycles. The van der Waals surface area contributed by atoms with E-state index in [-0.39, 0.29) is 17.0 Å². The van der Waals surface area contributed by atoms with Crippen LogP contribution in [0.15, 0.2) is 41.2 Å². The van der Waals surface area contributed by atoms with Gasteiger partial charge in [0.1, 0.15) is 0 Å². The van der Waals surface area contributed by atoms with Gasteiger partial charge in [-0.05, 0) is 30.4 Å². The van der Waals surface area contributed by atoms with Crippen molar-refractivity contribution in [1.29, 1.82) is 0 Å². The Hall–Kier alpha value is -1.97. The lowest BCUT2D eigenvalue weighted by atomic mass is 9.95. The summed E-state index contributed by atoms with van der Waals surface area (Å²) in [5.41, 5.74) is 2.55. The fraction of sp³-hybridized carbons (Fsp3) is 0.389. The lowest BCUT2D eigenvalue weighted by Crippen LogP contribution is -2.15. The van der Waals surface area contributed by atoms with E-state index in [9.17, 15) is 13.6 Å². The number of hydrogen-bond donors (Lipinski definition) is 1. The van der Waals surface area contributed by atoms with Crippen LogP contribution in [0.25, 0.3) is 0 Å². The highest BCUT2D eigenvalue weighted by Gasteiger charge is 2.27. The van der Waals surface area contributed by atoms with Gasteiger partial charge in [-0.1, -0.05) is 37.3 Å². The molecule has 3 rings (SSSR count). The van der Waals surface area contributed by atoms with Crippen LogP contribution in [0.2, 0.25) is 0 Å². The molecule has 1 aliphatic carbocycles. The zero-order chi connectivity index (χ0) is 15.9. The van der Waals surface area contributed by atoms with Crippen molar-refractivity contribution in [2.75, 3.05) is 0 Å². The molecule has 1 aromatic carbocycles. The molecule has 0 bridgehead atoms. The van der Waals surface area contributed by atoms with Crippen LogP contribution >= 0.6 is 0 Å². The van der Waals surface area contributed by atoms with E-state index in [4.69, 9.17) is 0 Å². The average molecular weight is 303 g/mol. The Morgan fingerprint density at radius 3 is 2.27 bits per heavy atom. The summed E-state index contributed by atoms with van der Waals surface area (Å²) >= 11 is 0. The zero-order valence-corrected chi connectivity index (χ0v) is 12.7. The zero-order valence-electron chi connectivity index (χ0n) is 12.7. The number of rotatable bonds is 4. The maximum atomic E-state index is 13.2. The lowest BCUT2D eigenvalue weighted by molar-refractivity contribution is 0.0174. The van der Waals surface area contributed by atoms with E-state index >= 15 is 0 Å². The van der Waals surface area contributed by atoms with Crippen LogP contribution in [0.5, 0.6) is 0 Å². The molecule has 4 heteroatoms. The summed E-state index contributed by atoms with van der Waals surface area (Å²) in [6.07, 6.45) is 2.18. The number of H-pyrrole nitrogens is 1. The van der Waals surface area contributed by atoms with E-state index in [1.165, 1.54) is 12.1 Å². The first-order chi connectivity index (χ1) is 10.4. The molecule has 1 saturated carbocycles. The van der Waals surface area contributed by atoms with Gasteiger partial charge in [0.15, 0.2) is 0 Å². The molecule has 1 N–H and O–H groups in total. The number of pyridine rings is 1. The maximum absolute atomic E-state index is 13.2. The van der Waals surface area contributed by atoms with Crippen molar-refractivity contribution in [3.63, 3.8) is 0 Å². The van der Waals surface area contributed by atoms with E-state index in [1.807, 2.05) is 19.1 Å². The first-order valence-electron chi connectivity index (χ1n) is 7.57. The maximum Gasteiger partial charge on any atom is 0.270 e. The van der Waals surface area contributed by atoms with Crippen LogP contribution in [0.3, 0.4) is 0 Å². The van der Waals surface area contributed by atoms with Gasteiger partial charge in [0.05, 0.1) is 0 Å². The molecule has 1 aliphatic rings. The van der Waals surface area contributed by atoms with Gasteiger partial charge in [-0.15, -0.1) is 0 Å². The van der Waals surface area contributed by atoms with Crippen molar-refractivity contribution in [1.82, 2.24) is 4.98 Å². The van der Waals surface area contributed by atoms with E-state index in [1.54, 1.807) is 12.1 Å². The topological polar surface area (TPSA) is 32.9 Å². The first-order valence-corrected chi connectivity index (χ1v) is 7.57. The highest BCUT2D eigenvalue weighted by molar-refractivity contribution is 5.33. The SMILES string of the molecule is CC(c1ccc(C(C)(F)F)cc1)c1ccc(C2CC2)c(=O)[nH]1. The first kappa shape index (κ1) is 14.9. The highest BCUT2D eigenvalue weighted by Crippen LogP contribution is 2.38. The number of benzene rings is 1. The third-order valence-corrected chi connectivity index (χ3v) is 4.36. The molecule has 2 nitrogen and oxygen atoms in total. The number of aromatic amines is 1. The molecule has 1 atom stereocenters. The van der Waals surface area contributed by atoms with Gasteiger partial charge in [0, 0.05) is 29.7 Å². The Labute approximate surface area is 128 Å². The number of aromatic nitrogens is 1. The molecule has 22 heavy (non-hydrogen) atoms. The fourth-order valence-electron chi connectivity index (χ4n) is 2.71. The molecular weight excluding hydrogens is 284 g/mol. The summed E-state index contributed by atoms with van der Waals surface area (Å²) in [5, 5.41) is 0. The van der Waals surface area contributed by atoms with Gasteiger partial charge in [-0.25, -0.2) is 8.78 Å². The minimum absolute atomic E-state index is 0.000949. The minimum atomic E-state index is -2.83. The van der Waals surface area contributed by atoms with Crippen LogP contribution in [-0.4, -0.2) is 4.98 Å². The van der Waals surface area contributed by atoms with Crippen LogP contribution in [0, 0.1) is 0 Å². The molecule has 1 aromatic heterocycles. The molecule has 1 unspecified atom stereocenters. The van der Waals surface area contributed by atoms with Crippen LogP contribution in [-0.2, 0) is 5.92 Å². The van der Waals surface area contributed by atoms with Crippen LogP contribution in [0.4, 0.5) is 8.78 Å². The standard InChI is InChI=1S/C18H19F2NO/c1-11(12-5-7-14(8-6-12)18(2,19)20)16-10-9-15(13-3-4-13)17(22)21-16/h5-11,13H,3-4H2,1-2H3,(H,21,22). The second kappa shape index (κ2) is 5.34. The Morgan fingerprint density at radius 2 is 1.77 bits per heavy atom. The molecule has 0 spiro atoms. The summed E-state index contributed by atoms with van der Waals surface area (Å²) in [7, 11) is 0. The Kier molecular flexibility index (Phi) is 3.63. The predicted molar refractivity (Wildman–Crippen MR) is 82.6 cm³/mol. The van der Waals surface area contributed by atoms with Gasteiger partial charge < -0.3 is 4.98 Å². The van der Waals surface area contributed by atoms with Gasteiger partial charge in [0.2, 0.25) is 0 Å². The molecule has 2 aromatic rings. The third kappa shape index (κ3) is 2.96. The van der Waals surface area contributed by atoms with Gasteiger partial charge in [-0.3, -0.25) is 4.79 Å². The highest BCUT2D eigenvalue weighted by atomic mass is 19.3. The van der Waals surface area contributed by atoms with Crippen molar-refractivity contribution < 1.29 is 8.78 Å². The summed E-state index contributed by atoms with van der Waals surface area (Å²) in [6.45, 7) is 2.85. The van der Waals surface area contributed by atoms with E-state index < -0.39 is 5.92 Å². The molecular formula is C18H19F2NO. The number of alkyl halides is 2. The average Bonchev–Trinajstić information content (AvgIpc) is 3.30. The van der Waals surface area contributed by atoms with Gasteiger partial charge in [0.25, 0.3) is 11.5 Å². The summed E-state index contributed by atoms with van der Waals surface area (Å²) < 4.78 is 26.5. The van der Waals surface area contributed by atoms with Crippen LogP contribution in [0.1, 0.15) is 60.9 Å². The van der Waals surface area contributed by atoms with Crippen LogP contribution < -0.4 is 5.56 Å². The normalized spacial score (nSPS) is 16.5. The number of hydrogen-bond acceptors (Lipinski definition) is 1. The summed E-state index contributed by atoms with van der Waals surface area (Å²) in [5.74, 6) is -2.46. The molecule has 0 radical (unpaired) electrons. The molecule has 1 heterocycles. The Morgan fingerprint density at radius 1 is 1.14 bits per heavy atom. The van der Waals surface area contributed by atoms with Crippen molar-refractivity contribution in [3.8, 4) is 0 Å². The van der Waals surface area contributed by atoms with Crippen molar-refractivity contribution in [2.45, 2.75) is 44.4 Å². The molecule has 1 fully saturated rings. The quantitative estimate of drug-likeness (QED) is 0.885. The van der Waals surface area contributed by atoms with Crippen molar-refractivity contribution in [3.05, 3.63) is 69.1 Å². The van der Waals surface area contributed by atoms with E-state index in [2.05, 4.69) is 4.98 Å². The largest absolute Gasteiger partial charge is 0.325 e. The van der Waals surface area contributed by atoms with Gasteiger partial charge in [-0.2, -0.15) is 0 Å². The van der Waals surface area contributed by atoms with E-state index in [0.717, 1.165) is 36.6 Å². The number of halogens is 2. The monoisotopic (exact) mass is 303 g/mol.